The minimum atomic E-state index is -0.386. The van der Waals surface area contributed by atoms with Gasteiger partial charge in [-0.3, -0.25) is 0 Å². The maximum absolute atomic E-state index is 14.0. The molecule has 1 saturated carbocycles. The normalized spacial score (nSPS) is 22.9. The standard InChI is InChI=1S/C15H21F2N/c1-3-8-18-9-11-5-6-12(11)14-13(16)7-4-10(2)15(14)17/h4,7,11-12,18H,3,5-6,8-9H2,1-2H3. The quantitative estimate of drug-likeness (QED) is 0.788. The Morgan fingerprint density at radius 3 is 2.67 bits per heavy atom. The van der Waals surface area contributed by atoms with Gasteiger partial charge in [0.25, 0.3) is 0 Å². The summed E-state index contributed by atoms with van der Waals surface area (Å²) in [6, 6.07) is 2.90. The lowest BCUT2D eigenvalue weighted by Gasteiger charge is -2.37. The van der Waals surface area contributed by atoms with Crippen molar-refractivity contribution in [2.75, 3.05) is 13.1 Å². The minimum absolute atomic E-state index is 0.0502. The fourth-order valence-corrected chi connectivity index (χ4v) is 2.68. The first-order valence-electron chi connectivity index (χ1n) is 6.80. The Labute approximate surface area is 108 Å². The van der Waals surface area contributed by atoms with Crippen LogP contribution in [0.25, 0.3) is 0 Å². The molecule has 100 valence electrons. The largest absolute Gasteiger partial charge is 0.316 e. The van der Waals surface area contributed by atoms with Crippen LogP contribution in [0.15, 0.2) is 12.1 Å². The van der Waals surface area contributed by atoms with E-state index < -0.39 is 0 Å². The molecule has 2 rings (SSSR count). The van der Waals surface area contributed by atoms with E-state index >= 15 is 0 Å². The highest BCUT2D eigenvalue weighted by atomic mass is 19.1. The van der Waals surface area contributed by atoms with Crippen LogP contribution < -0.4 is 5.32 Å². The van der Waals surface area contributed by atoms with Crippen molar-refractivity contribution in [1.82, 2.24) is 5.32 Å². The van der Waals surface area contributed by atoms with Gasteiger partial charge in [0.2, 0.25) is 0 Å². The zero-order chi connectivity index (χ0) is 13.1. The molecule has 2 atom stereocenters. The molecule has 1 fully saturated rings. The molecule has 0 bridgehead atoms. The monoisotopic (exact) mass is 253 g/mol. The van der Waals surface area contributed by atoms with Crippen molar-refractivity contribution in [2.24, 2.45) is 5.92 Å². The smallest absolute Gasteiger partial charge is 0.132 e. The number of rotatable bonds is 5. The molecule has 1 aliphatic carbocycles. The number of aryl methyl sites for hydroxylation is 1. The summed E-state index contributed by atoms with van der Waals surface area (Å²) in [5, 5.41) is 3.35. The van der Waals surface area contributed by atoms with Crippen molar-refractivity contribution in [3.63, 3.8) is 0 Å². The molecule has 0 spiro atoms. The Morgan fingerprint density at radius 2 is 2.06 bits per heavy atom. The van der Waals surface area contributed by atoms with Crippen LogP contribution in [0, 0.1) is 24.5 Å². The molecule has 0 aromatic heterocycles. The molecule has 2 unspecified atom stereocenters. The van der Waals surface area contributed by atoms with Gasteiger partial charge in [-0.15, -0.1) is 0 Å². The highest BCUT2D eigenvalue weighted by Crippen LogP contribution is 2.44. The third-order valence-corrected chi connectivity index (χ3v) is 3.94. The van der Waals surface area contributed by atoms with Crippen molar-refractivity contribution >= 4 is 0 Å². The van der Waals surface area contributed by atoms with Crippen molar-refractivity contribution in [1.29, 1.82) is 0 Å². The van der Waals surface area contributed by atoms with Gasteiger partial charge in [-0.25, -0.2) is 8.78 Å². The van der Waals surface area contributed by atoms with Gasteiger partial charge in [0.05, 0.1) is 0 Å². The number of benzene rings is 1. The summed E-state index contributed by atoms with van der Waals surface area (Å²) in [6.07, 6.45) is 3.05. The molecule has 0 radical (unpaired) electrons. The molecule has 1 aromatic carbocycles. The van der Waals surface area contributed by atoms with E-state index in [1.807, 2.05) is 0 Å². The van der Waals surface area contributed by atoms with Crippen LogP contribution in [-0.4, -0.2) is 13.1 Å². The van der Waals surface area contributed by atoms with E-state index in [4.69, 9.17) is 0 Å². The van der Waals surface area contributed by atoms with Gasteiger partial charge in [0.1, 0.15) is 11.6 Å². The average molecular weight is 253 g/mol. The molecule has 0 aliphatic heterocycles. The number of nitrogens with one attached hydrogen (secondary N) is 1. The third kappa shape index (κ3) is 2.56. The van der Waals surface area contributed by atoms with E-state index in [2.05, 4.69) is 12.2 Å². The molecule has 0 heterocycles. The first kappa shape index (κ1) is 13.5. The van der Waals surface area contributed by atoms with E-state index in [1.54, 1.807) is 6.92 Å². The van der Waals surface area contributed by atoms with Gasteiger partial charge in [-0.05, 0) is 62.7 Å². The molecular weight excluding hydrogens is 232 g/mol. The second kappa shape index (κ2) is 5.79. The maximum Gasteiger partial charge on any atom is 0.132 e. The van der Waals surface area contributed by atoms with Gasteiger partial charge in [0.15, 0.2) is 0 Å². The van der Waals surface area contributed by atoms with Crippen molar-refractivity contribution < 1.29 is 8.78 Å². The predicted molar refractivity (Wildman–Crippen MR) is 69.7 cm³/mol. The van der Waals surface area contributed by atoms with Crippen LogP contribution in [0.4, 0.5) is 8.78 Å². The summed E-state index contributed by atoms with van der Waals surface area (Å²) in [5.41, 5.74) is 0.850. The molecule has 3 heteroatoms. The third-order valence-electron chi connectivity index (χ3n) is 3.94. The van der Waals surface area contributed by atoms with E-state index in [9.17, 15) is 8.78 Å². The summed E-state index contributed by atoms with van der Waals surface area (Å²) >= 11 is 0. The molecular formula is C15H21F2N. The maximum atomic E-state index is 14.0. The fourth-order valence-electron chi connectivity index (χ4n) is 2.68. The summed E-state index contributed by atoms with van der Waals surface area (Å²) in [6.45, 7) is 5.65. The van der Waals surface area contributed by atoms with Gasteiger partial charge >= 0.3 is 0 Å². The zero-order valence-electron chi connectivity index (χ0n) is 11.1. The van der Waals surface area contributed by atoms with Crippen LogP contribution in [0.3, 0.4) is 0 Å². The van der Waals surface area contributed by atoms with E-state index in [0.29, 0.717) is 17.0 Å². The van der Waals surface area contributed by atoms with Gasteiger partial charge in [-0.1, -0.05) is 13.0 Å². The van der Waals surface area contributed by atoms with Crippen LogP contribution in [0.1, 0.15) is 43.2 Å². The molecule has 18 heavy (non-hydrogen) atoms. The van der Waals surface area contributed by atoms with Gasteiger partial charge in [0, 0.05) is 5.56 Å². The zero-order valence-corrected chi connectivity index (χ0v) is 11.1. The number of hydrogen-bond acceptors (Lipinski definition) is 1. The number of hydrogen-bond donors (Lipinski definition) is 1. The molecule has 0 amide bonds. The van der Waals surface area contributed by atoms with E-state index in [1.165, 1.54) is 12.1 Å². The highest BCUT2D eigenvalue weighted by molar-refractivity contribution is 5.31. The molecule has 1 nitrogen and oxygen atoms in total. The van der Waals surface area contributed by atoms with Crippen molar-refractivity contribution in [2.45, 2.75) is 39.0 Å². The first-order valence-corrected chi connectivity index (χ1v) is 6.80. The van der Waals surface area contributed by atoms with E-state index in [0.717, 1.165) is 32.4 Å². The lowest BCUT2D eigenvalue weighted by Crippen LogP contribution is -2.35. The topological polar surface area (TPSA) is 12.0 Å². The van der Waals surface area contributed by atoms with Crippen LogP contribution >= 0.6 is 0 Å². The van der Waals surface area contributed by atoms with Crippen LogP contribution in [0.5, 0.6) is 0 Å². The first-order chi connectivity index (χ1) is 8.65. The Hall–Kier alpha value is -0.960. The minimum Gasteiger partial charge on any atom is -0.316 e. The highest BCUT2D eigenvalue weighted by Gasteiger charge is 2.35. The van der Waals surface area contributed by atoms with Crippen LogP contribution in [0.2, 0.25) is 0 Å². The summed E-state index contributed by atoms with van der Waals surface area (Å²) < 4.78 is 27.8. The van der Waals surface area contributed by atoms with Crippen molar-refractivity contribution in [3.8, 4) is 0 Å². The molecule has 1 N–H and O–H groups in total. The summed E-state index contributed by atoms with van der Waals surface area (Å²) in [7, 11) is 0. The Bertz CT molecular complexity index is 417. The van der Waals surface area contributed by atoms with Gasteiger partial charge < -0.3 is 5.32 Å². The summed E-state index contributed by atoms with van der Waals surface area (Å²) in [5.74, 6) is -0.305. The second-order valence-corrected chi connectivity index (χ2v) is 5.24. The lowest BCUT2D eigenvalue weighted by atomic mass is 9.69. The Morgan fingerprint density at radius 1 is 1.28 bits per heavy atom. The lowest BCUT2D eigenvalue weighted by molar-refractivity contribution is 0.235. The van der Waals surface area contributed by atoms with Gasteiger partial charge in [-0.2, -0.15) is 0 Å². The second-order valence-electron chi connectivity index (χ2n) is 5.24. The Kier molecular flexibility index (Phi) is 4.33. The molecule has 1 aliphatic rings. The average Bonchev–Trinajstić information content (AvgIpc) is 2.33. The Balaban J connectivity index is 2.10. The summed E-state index contributed by atoms with van der Waals surface area (Å²) in [4.78, 5) is 0. The molecule has 1 aromatic rings. The molecule has 0 saturated heterocycles. The SMILES string of the molecule is CCCNCC1CCC1c1c(F)ccc(C)c1F. The van der Waals surface area contributed by atoms with E-state index in [-0.39, 0.29) is 17.6 Å². The predicted octanol–water partition coefficient (Wildman–Crippen LogP) is 3.77. The fraction of sp³-hybridized carbons (Fsp3) is 0.600. The van der Waals surface area contributed by atoms with Crippen molar-refractivity contribution in [3.05, 3.63) is 34.9 Å². The number of halogens is 2. The van der Waals surface area contributed by atoms with Crippen LogP contribution in [-0.2, 0) is 0 Å².